The van der Waals surface area contributed by atoms with Crippen LogP contribution in [0.15, 0.2) is 52.1 Å². The molecule has 3 aromatic rings. The highest BCUT2D eigenvalue weighted by molar-refractivity contribution is 6.30. The van der Waals surface area contributed by atoms with Gasteiger partial charge in [0.05, 0.1) is 12.0 Å². The number of benzene rings is 1. The van der Waals surface area contributed by atoms with Crippen molar-refractivity contribution >= 4 is 23.1 Å². The molecule has 122 valence electrons. The first-order valence-electron chi connectivity index (χ1n) is 8.12. The van der Waals surface area contributed by atoms with Crippen LogP contribution in [0.1, 0.15) is 37.8 Å². The third-order valence-electron chi connectivity index (χ3n) is 4.38. The van der Waals surface area contributed by atoms with Crippen molar-refractivity contribution in [1.29, 1.82) is 0 Å². The van der Waals surface area contributed by atoms with Crippen LogP contribution in [0.2, 0.25) is 5.02 Å². The molecular formula is C19H18ClN3O. The maximum atomic E-state index is 6.04. The smallest absolute Gasteiger partial charge is 0.159 e. The number of hydrogen-bond acceptors (Lipinski definition) is 3. The Morgan fingerprint density at radius 3 is 2.71 bits per heavy atom. The van der Waals surface area contributed by atoms with Crippen molar-refractivity contribution in [3.63, 3.8) is 0 Å². The molecule has 4 rings (SSSR count). The Hall–Kier alpha value is -2.33. The van der Waals surface area contributed by atoms with Crippen molar-refractivity contribution in [3.8, 4) is 11.1 Å². The van der Waals surface area contributed by atoms with E-state index in [1.54, 1.807) is 6.26 Å². The molecule has 24 heavy (non-hydrogen) atoms. The number of hydrogen-bond donors (Lipinski definition) is 0. The minimum Gasteiger partial charge on any atom is -0.467 e. The van der Waals surface area contributed by atoms with Crippen LogP contribution >= 0.6 is 11.6 Å². The third kappa shape index (κ3) is 2.47. The van der Waals surface area contributed by atoms with Gasteiger partial charge < -0.3 is 4.42 Å². The summed E-state index contributed by atoms with van der Waals surface area (Å²) in [6.07, 6.45) is 3.36. The zero-order chi connectivity index (χ0) is 16.7. The van der Waals surface area contributed by atoms with Crippen LogP contribution in [-0.2, 0) is 6.42 Å². The van der Waals surface area contributed by atoms with Crippen LogP contribution in [0.25, 0.3) is 11.1 Å². The van der Waals surface area contributed by atoms with Gasteiger partial charge in [-0.2, -0.15) is 5.10 Å². The van der Waals surface area contributed by atoms with E-state index in [9.17, 15) is 0 Å². The number of aliphatic imine (C=N–C) groups is 1. The first-order chi connectivity index (χ1) is 11.7. The second-order valence-electron chi connectivity index (χ2n) is 6.03. The fourth-order valence-corrected chi connectivity index (χ4v) is 3.38. The zero-order valence-electron chi connectivity index (χ0n) is 13.7. The predicted molar refractivity (Wildman–Crippen MR) is 96.3 cm³/mol. The van der Waals surface area contributed by atoms with E-state index in [4.69, 9.17) is 26.1 Å². The van der Waals surface area contributed by atoms with Crippen LogP contribution < -0.4 is 0 Å². The fourth-order valence-electron chi connectivity index (χ4n) is 3.25. The largest absolute Gasteiger partial charge is 0.467 e. The van der Waals surface area contributed by atoms with Crippen LogP contribution in [-0.4, -0.2) is 15.5 Å². The second kappa shape index (κ2) is 5.95. The molecular weight excluding hydrogens is 322 g/mol. The Labute approximate surface area is 145 Å². The van der Waals surface area contributed by atoms with E-state index in [1.165, 1.54) is 0 Å². The quantitative estimate of drug-likeness (QED) is 0.637. The van der Waals surface area contributed by atoms with Gasteiger partial charge in [-0.05, 0) is 43.2 Å². The standard InChI is InChI=1S/C19H18ClN3O/c1-3-15-18(13-6-8-14(20)9-7-13)19-21-12(2)11-16(23(19)22-15)17-5-4-10-24-17/h4-10,16H,3,11H2,1-2H3/t16-/m1/s1. The second-order valence-corrected chi connectivity index (χ2v) is 6.47. The molecule has 0 aliphatic carbocycles. The Morgan fingerprint density at radius 2 is 2.04 bits per heavy atom. The van der Waals surface area contributed by atoms with Gasteiger partial charge >= 0.3 is 0 Å². The summed E-state index contributed by atoms with van der Waals surface area (Å²) in [4.78, 5) is 4.82. The van der Waals surface area contributed by atoms with Crippen molar-refractivity contribution in [3.05, 3.63) is 59.1 Å². The van der Waals surface area contributed by atoms with E-state index in [-0.39, 0.29) is 6.04 Å². The Balaban J connectivity index is 1.92. The highest BCUT2D eigenvalue weighted by atomic mass is 35.5. The number of aryl methyl sites for hydroxylation is 1. The number of nitrogens with zero attached hydrogens (tertiary/aromatic N) is 3. The maximum Gasteiger partial charge on any atom is 0.159 e. The summed E-state index contributed by atoms with van der Waals surface area (Å²) in [7, 11) is 0. The summed E-state index contributed by atoms with van der Waals surface area (Å²) in [5.74, 6) is 1.82. The van der Waals surface area contributed by atoms with Crippen molar-refractivity contribution in [2.45, 2.75) is 32.7 Å². The van der Waals surface area contributed by atoms with E-state index in [0.29, 0.717) is 0 Å². The Bertz CT molecular complexity index is 892. The molecule has 0 spiro atoms. The molecule has 0 saturated heterocycles. The van der Waals surface area contributed by atoms with Crippen LogP contribution in [0, 0.1) is 0 Å². The topological polar surface area (TPSA) is 43.3 Å². The maximum absolute atomic E-state index is 6.04. The molecule has 0 saturated carbocycles. The highest BCUT2D eigenvalue weighted by Gasteiger charge is 2.29. The summed E-state index contributed by atoms with van der Waals surface area (Å²) in [5.41, 5.74) is 4.31. The third-order valence-corrected chi connectivity index (χ3v) is 4.63. The Kier molecular flexibility index (Phi) is 3.77. The van der Waals surface area contributed by atoms with Crippen LogP contribution in [0.3, 0.4) is 0 Å². The van der Waals surface area contributed by atoms with Gasteiger partial charge in [0, 0.05) is 22.7 Å². The van der Waals surface area contributed by atoms with Gasteiger partial charge in [-0.1, -0.05) is 30.7 Å². The molecule has 0 unspecified atom stereocenters. The monoisotopic (exact) mass is 339 g/mol. The highest BCUT2D eigenvalue weighted by Crippen LogP contribution is 2.41. The van der Waals surface area contributed by atoms with Gasteiger partial charge in [0.1, 0.15) is 11.8 Å². The zero-order valence-corrected chi connectivity index (χ0v) is 14.4. The average molecular weight is 340 g/mol. The van der Waals surface area contributed by atoms with Gasteiger partial charge in [0.25, 0.3) is 0 Å². The lowest BCUT2D eigenvalue weighted by Crippen LogP contribution is -2.18. The van der Waals surface area contributed by atoms with E-state index in [1.807, 2.05) is 41.1 Å². The summed E-state index contributed by atoms with van der Waals surface area (Å²) in [6, 6.07) is 11.8. The normalized spacial score (nSPS) is 16.8. The summed E-state index contributed by atoms with van der Waals surface area (Å²) in [5, 5.41) is 5.58. The van der Waals surface area contributed by atoms with E-state index >= 15 is 0 Å². The molecule has 3 heterocycles. The van der Waals surface area contributed by atoms with Crippen molar-refractivity contribution in [1.82, 2.24) is 9.78 Å². The number of aromatic nitrogens is 2. The summed E-state index contributed by atoms with van der Waals surface area (Å²) in [6.45, 7) is 4.18. The van der Waals surface area contributed by atoms with E-state index in [2.05, 4.69) is 13.8 Å². The lowest BCUT2D eigenvalue weighted by atomic mass is 10.0. The van der Waals surface area contributed by atoms with Gasteiger partial charge in [0.2, 0.25) is 0 Å². The van der Waals surface area contributed by atoms with Crippen molar-refractivity contribution in [2.75, 3.05) is 0 Å². The van der Waals surface area contributed by atoms with Crippen molar-refractivity contribution in [2.24, 2.45) is 4.99 Å². The molecule has 5 heteroatoms. The lowest BCUT2D eigenvalue weighted by Gasteiger charge is -2.21. The molecule has 4 nitrogen and oxygen atoms in total. The molecule has 0 radical (unpaired) electrons. The molecule has 0 bridgehead atoms. The predicted octanol–water partition coefficient (Wildman–Crippen LogP) is 5.44. The van der Waals surface area contributed by atoms with Crippen LogP contribution in [0.4, 0.5) is 5.82 Å². The first kappa shape index (κ1) is 15.2. The Morgan fingerprint density at radius 1 is 1.25 bits per heavy atom. The average Bonchev–Trinajstić information content (AvgIpc) is 3.22. The molecule has 0 amide bonds. The minimum absolute atomic E-state index is 0.0545. The molecule has 1 atom stereocenters. The number of furan rings is 1. The molecule has 2 aromatic heterocycles. The number of fused-ring (bicyclic) bond motifs is 1. The summed E-state index contributed by atoms with van der Waals surface area (Å²) < 4.78 is 7.66. The number of halogens is 1. The molecule has 1 aromatic carbocycles. The first-order valence-corrected chi connectivity index (χ1v) is 8.50. The minimum atomic E-state index is 0.0545. The molecule has 0 fully saturated rings. The SMILES string of the molecule is CCc1nn2c(c1-c1ccc(Cl)cc1)N=C(C)C[C@@H]2c1ccco1. The van der Waals surface area contributed by atoms with Crippen molar-refractivity contribution < 1.29 is 4.42 Å². The lowest BCUT2D eigenvalue weighted by molar-refractivity contribution is 0.408. The van der Waals surface area contributed by atoms with E-state index in [0.717, 1.165) is 52.0 Å². The summed E-state index contributed by atoms with van der Waals surface area (Å²) >= 11 is 6.04. The van der Waals surface area contributed by atoms with Crippen LogP contribution in [0.5, 0.6) is 0 Å². The van der Waals surface area contributed by atoms with Gasteiger partial charge in [0.15, 0.2) is 5.82 Å². The van der Waals surface area contributed by atoms with Gasteiger partial charge in [-0.3, -0.25) is 0 Å². The fraction of sp³-hybridized carbons (Fsp3) is 0.263. The molecule has 0 N–H and O–H groups in total. The van der Waals surface area contributed by atoms with Gasteiger partial charge in [-0.15, -0.1) is 0 Å². The molecule has 1 aliphatic heterocycles. The molecule has 1 aliphatic rings. The van der Waals surface area contributed by atoms with Gasteiger partial charge in [-0.25, -0.2) is 9.67 Å². The number of rotatable bonds is 3. The van der Waals surface area contributed by atoms with E-state index < -0.39 is 0 Å².